The predicted molar refractivity (Wildman–Crippen MR) is 97.1 cm³/mol. The van der Waals surface area contributed by atoms with Crippen LogP contribution in [0.25, 0.3) is 0 Å². The first-order valence-electron chi connectivity index (χ1n) is 8.23. The zero-order chi connectivity index (χ0) is 18.2. The fourth-order valence-corrected chi connectivity index (χ4v) is 2.49. The van der Waals surface area contributed by atoms with Gasteiger partial charge in [-0.1, -0.05) is 50.3 Å². The average molecular weight is 363 g/mol. The first-order valence-corrected chi connectivity index (χ1v) is 8.61. The highest BCUT2D eigenvalue weighted by molar-refractivity contribution is 6.29. The van der Waals surface area contributed by atoms with E-state index >= 15 is 0 Å². The second-order valence-electron chi connectivity index (χ2n) is 6.06. The molecule has 0 N–H and O–H groups in total. The van der Waals surface area contributed by atoms with Crippen LogP contribution in [0.15, 0.2) is 42.7 Å². The maximum atomic E-state index is 12.5. The van der Waals surface area contributed by atoms with Gasteiger partial charge in [0.1, 0.15) is 5.69 Å². The van der Waals surface area contributed by atoms with Crippen molar-refractivity contribution in [3.8, 4) is 5.88 Å². The van der Waals surface area contributed by atoms with Gasteiger partial charge in [0.15, 0.2) is 0 Å². The second-order valence-corrected chi connectivity index (χ2v) is 6.42. The maximum Gasteiger partial charge on any atom is 0.350 e. The highest BCUT2D eigenvalue weighted by atomic mass is 35.5. The molecule has 1 heterocycles. The van der Waals surface area contributed by atoms with Crippen LogP contribution in [0.4, 0.5) is 0 Å². The minimum absolute atomic E-state index is 0.0689. The van der Waals surface area contributed by atoms with Crippen LogP contribution in [-0.2, 0) is 24.4 Å². The molecule has 0 saturated carbocycles. The summed E-state index contributed by atoms with van der Waals surface area (Å²) in [5.41, 5.74) is 2.12. The molecular weight excluding hydrogens is 340 g/mol. The molecule has 0 atom stereocenters. The second kappa shape index (κ2) is 9.39. The van der Waals surface area contributed by atoms with Gasteiger partial charge in [0, 0.05) is 6.42 Å². The molecular formula is C19H23ClN2O3. The van der Waals surface area contributed by atoms with Gasteiger partial charge in [0.05, 0.1) is 19.5 Å². The Morgan fingerprint density at radius 2 is 1.96 bits per heavy atom. The van der Waals surface area contributed by atoms with Crippen molar-refractivity contribution in [1.82, 2.24) is 4.98 Å². The molecule has 0 bridgehead atoms. The molecule has 134 valence electrons. The monoisotopic (exact) mass is 362 g/mol. The van der Waals surface area contributed by atoms with Crippen molar-refractivity contribution in [2.75, 3.05) is 0 Å². The van der Waals surface area contributed by atoms with Gasteiger partial charge in [-0.2, -0.15) is 4.73 Å². The summed E-state index contributed by atoms with van der Waals surface area (Å²) >= 11 is 6.11. The average Bonchev–Trinajstić information content (AvgIpc) is 2.60. The van der Waals surface area contributed by atoms with Crippen molar-refractivity contribution in [3.05, 3.63) is 70.0 Å². The zero-order valence-electron chi connectivity index (χ0n) is 14.7. The van der Waals surface area contributed by atoms with E-state index in [1.54, 1.807) is 13.0 Å². The summed E-state index contributed by atoms with van der Waals surface area (Å²) in [6.07, 6.45) is 3.69. The molecule has 0 aliphatic rings. The smallest absolute Gasteiger partial charge is 0.350 e. The van der Waals surface area contributed by atoms with Crippen LogP contribution in [0, 0.1) is 11.1 Å². The van der Waals surface area contributed by atoms with E-state index in [0.717, 1.165) is 5.56 Å². The lowest BCUT2D eigenvalue weighted by Crippen LogP contribution is -2.37. The quantitative estimate of drug-likeness (QED) is 0.401. The Morgan fingerprint density at radius 1 is 1.24 bits per heavy atom. The standard InChI is InChI=1S/C19H23ClN2O3/c1-4-10-25-19-18(20)22(23)17(11-14(2)3)16(21-19)13-24-12-15-8-6-5-7-9-15/h4-10,14H,11-13H2,1-3H3. The summed E-state index contributed by atoms with van der Waals surface area (Å²) in [4.78, 5) is 4.40. The topological polar surface area (TPSA) is 58.3 Å². The molecule has 0 fully saturated rings. The van der Waals surface area contributed by atoms with Crippen molar-refractivity contribution >= 4 is 11.6 Å². The Hall–Kier alpha value is -2.11. The summed E-state index contributed by atoms with van der Waals surface area (Å²) in [7, 11) is 0. The lowest BCUT2D eigenvalue weighted by Gasteiger charge is -2.14. The van der Waals surface area contributed by atoms with Crippen molar-refractivity contribution in [1.29, 1.82) is 0 Å². The summed E-state index contributed by atoms with van der Waals surface area (Å²) in [6.45, 7) is 6.52. The van der Waals surface area contributed by atoms with Crippen LogP contribution in [-0.4, -0.2) is 4.98 Å². The van der Waals surface area contributed by atoms with Gasteiger partial charge in [-0.05, 0) is 30.0 Å². The van der Waals surface area contributed by atoms with Crippen molar-refractivity contribution in [2.24, 2.45) is 5.92 Å². The molecule has 0 amide bonds. The molecule has 0 spiro atoms. The fourth-order valence-electron chi connectivity index (χ4n) is 2.31. The molecule has 0 aliphatic heterocycles. The van der Waals surface area contributed by atoms with Gasteiger partial charge >= 0.3 is 11.0 Å². The Morgan fingerprint density at radius 3 is 2.60 bits per heavy atom. The number of nitrogens with zero attached hydrogens (tertiary/aromatic N) is 2. The molecule has 0 radical (unpaired) electrons. The molecule has 0 unspecified atom stereocenters. The van der Waals surface area contributed by atoms with Crippen LogP contribution < -0.4 is 9.47 Å². The lowest BCUT2D eigenvalue weighted by atomic mass is 10.1. The molecule has 0 aliphatic carbocycles. The van der Waals surface area contributed by atoms with E-state index < -0.39 is 0 Å². The molecule has 5 nitrogen and oxygen atoms in total. The minimum atomic E-state index is -0.0689. The minimum Gasteiger partial charge on any atom is -0.617 e. The van der Waals surface area contributed by atoms with E-state index in [9.17, 15) is 5.21 Å². The van der Waals surface area contributed by atoms with Crippen molar-refractivity contribution < 1.29 is 14.2 Å². The lowest BCUT2D eigenvalue weighted by molar-refractivity contribution is -0.613. The largest absolute Gasteiger partial charge is 0.617 e. The Kier molecular flexibility index (Phi) is 7.22. The third-order valence-corrected chi connectivity index (χ3v) is 3.75. The van der Waals surface area contributed by atoms with Crippen molar-refractivity contribution in [2.45, 2.75) is 40.4 Å². The maximum absolute atomic E-state index is 12.5. The molecule has 1 aromatic carbocycles. The van der Waals surface area contributed by atoms with E-state index in [-0.39, 0.29) is 23.6 Å². The highest BCUT2D eigenvalue weighted by Crippen LogP contribution is 2.22. The van der Waals surface area contributed by atoms with Crippen LogP contribution in [0.5, 0.6) is 5.88 Å². The summed E-state index contributed by atoms with van der Waals surface area (Å²) < 4.78 is 11.8. The third kappa shape index (κ3) is 5.44. The molecule has 2 aromatic rings. The number of halogens is 1. The van der Waals surface area contributed by atoms with Gasteiger partial charge in [0.2, 0.25) is 5.69 Å². The fraction of sp³-hybridized carbons (Fsp3) is 0.368. The van der Waals surface area contributed by atoms with Crippen molar-refractivity contribution in [3.63, 3.8) is 0 Å². The number of aromatic nitrogens is 2. The van der Waals surface area contributed by atoms with E-state index in [1.165, 1.54) is 6.26 Å². The first kappa shape index (κ1) is 19.2. The van der Waals surface area contributed by atoms with Gasteiger partial charge in [0.25, 0.3) is 0 Å². The summed E-state index contributed by atoms with van der Waals surface area (Å²) in [6, 6.07) is 9.84. The van der Waals surface area contributed by atoms with Gasteiger partial charge in [-0.3, -0.25) is 0 Å². The SMILES string of the molecule is CC=COc1nc(COCc2ccccc2)c(CC(C)C)[n+]([O-])c1Cl. The third-order valence-electron chi connectivity index (χ3n) is 3.44. The normalized spacial score (nSPS) is 11.4. The Balaban J connectivity index is 2.23. The van der Waals surface area contributed by atoms with Gasteiger partial charge < -0.3 is 14.7 Å². The molecule has 0 saturated heterocycles. The van der Waals surface area contributed by atoms with Gasteiger partial charge in [-0.15, -0.1) is 0 Å². The molecule has 6 heteroatoms. The van der Waals surface area contributed by atoms with Gasteiger partial charge in [-0.25, -0.2) is 4.98 Å². The molecule has 1 aromatic heterocycles. The number of hydrogen-bond donors (Lipinski definition) is 0. The van der Waals surface area contributed by atoms with Crippen LogP contribution in [0.1, 0.15) is 37.7 Å². The van der Waals surface area contributed by atoms with E-state index in [1.807, 2.05) is 44.2 Å². The number of benzene rings is 1. The molecule has 25 heavy (non-hydrogen) atoms. The highest BCUT2D eigenvalue weighted by Gasteiger charge is 2.24. The Labute approximate surface area is 153 Å². The van der Waals surface area contributed by atoms with E-state index in [4.69, 9.17) is 21.1 Å². The predicted octanol–water partition coefficient (Wildman–Crippen LogP) is 4.20. The number of rotatable bonds is 8. The first-order chi connectivity index (χ1) is 12.0. The number of ether oxygens (including phenoxy) is 2. The molecule has 2 rings (SSSR count). The Bertz CT molecular complexity index is 718. The summed E-state index contributed by atoms with van der Waals surface area (Å²) in [5, 5.41) is 12.5. The number of hydrogen-bond acceptors (Lipinski definition) is 4. The zero-order valence-corrected chi connectivity index (χ0v) is 15.5. The van der Waals surface area contributed by atoms with E-state index in [0.29, 0.717) is 29.1 Å². The van der Waals surface area contributed by atoms with Crippen LogP contribution in [0.2, 0.25) is 5.15 Å². The summed E-state index contributed by atoms with van der Waals surface area (Å²) in [5.74, 6) is 0.369. The number of allylic oxidation sites excluding steroid dienone is 1. The van der Waals surface area contributed by atoms with Crippen LogP contribution >= 0.6 is 11.6 Å². The van der Waals surface area contributed by atoms with E-state index in [2.05, 4.69) is 4.98 Å². The van der Waals surface area contributed by atoms with Crippen LogP contribution in [0.3, 0.4) is 0 Å².